The minimum atomic E-state index is -3.35. The fraction of sp³-hybridized carbons (Fsp3) is 0.167. The fourth-order valence-corrected chi connectivity index (χ4v) is 3.19. The summed E-state index contributed by atoms with van der Waals surface area (Å²) < 4.78 is 28.8. The molecule has 0 saturated heterocycles. The molecule has 1 aromatic heterocycles. The molecule has 0 bridgehead atoms. The van der Waals surface area contributed by atoms with Gasteiger partial charge in [-0.25, -0.2) is 8.42 Å². The molecule has 1 N–H and O–H groups in total. The summed E-state index contributed by atoms with van der Waals surface area (Å²) in [5.74, 6) is -0.247. The Labute approximate surface area is 151 Å². The lowest BCUT2D eigenvalue weighted by atomic mass is 10.1. The predicted octanol–water partition coefficient (Wildman–Crippen LogP) is 3.01. The number of aryl methyl sites for hydroxylation is 2. The first-order valence-electron chi connectivity index (χ1n) is 7.76. The summed E-state index contributed by atoms with van der Waals surface area (Å²) in [6.07, 6.45) is 1.12. The fourth-order valence-electron chi connectivity index (χ4n) is 2.53. The highest BCUT2D eigenvalue weighted by atomic mass is 32.2. The molecule has 0 atom stereocenters. The first-order chi connectivity index (χ1) is 12.2. The number of carbonyl (C=O) groups excluding carboxylic acids is 1. The van der Waals surface area contributed by atoms with Crippen LogP contribution in [0.15, 0.2) is 51.8 Å². The maximum absolute atomic E-state index is 12.3. The number of aromatic nitrogens is 2. The summed E-state index contributed by atoms with van der Waals surface area (Å²) in [5.41, 5.74) is 2.88. The second kappa shape index (κ2) is 6.72. The van der Waals surface area contributed by atoms with Gasteiger partial charge in [-0.2, -0.15) is 0 Å². The van der Waals surface area contributed by atoms with Gasteiger partial charge in [-0.1, -0.05) is 28.4 Å². The van der Waals surface area contributed by atoms with Gasteiger partial charge in [-0.3, -0.25) is 10.1 Å². The van der Waals surface area contributed by atoms with Crippen molar-refractivity contribution >= 4 is 21.8 Å². The topological polar surface area (TPSA) is 102 Å². The zero-order valence-electron chi connectivity index (χ0n) is 14.5. The van der Waals surface area contributed by atoms with E-state index in [9.17, 15) is 13.2 Å². The number of amides is 1. The SMILES string of the molecule is Cc1cc(C)cc(C(=O)Nc2nnc(-c3cccc(S(C)(=O)=O)c3)o2)c1. The molecular weight excluding hydrogens is 354 g/mol. The quantitative estimate of drug-likeness (QED) is 0.756. The molecule has 134 valence electrons. The largest absolute Gasteiger partial charge is 0.403 e. The molecule has 8 heteroatoms. The first-order valence-corrected chi connectivity index (χ1v) is 9.65. The Hall–Kier alpha value is -3.00. The minimum absolute atomic E-state index is 0.0612. The highest BCUT2D eigenvalue weighted by Crippen LogP contribution is 2.23. The van der Waals surface area contributed by atoms with Gasteiger partial charge in [0.1, 0.15) is 0 Å². The molecule has 0 saturated carbocycles. The molecule has 1 heterocycles. The van der Waals surface area contributed by atoms with Gasteiger partial charge in [0.15, 0.2) is 9.84 Å². The van der Waals surface area contributed by atoms with E-state index in [-0.39, 0.29) is 22.7 Å². The summed E-state index contributed by atoms with van der Waals surface area (Å²) >= 11 is 0. The Morgan fingerprint density at radius 2 is 1.73 bits per heavy atom. The molecule has 0 aliphatic heterocycles. The van der Waals surface area contributed by atoms with Gasteiger partial charge in [0.25, 0.3) is 5.91 Å². The average molecular weight is 371 g/mol. The van der Waals surface area contributed by atoms with Crippen molar-refractivity contribution < 1.29 is 17.6 Å². The molecule has 0 aliphatic carbocycles. The molecule has 3 rings (SSSR count). The van der Waals surface area contributed by atoms with Gasteiger partial charge < -0.3 is 4.42 Å². The second-order valence-corrected chi connectivity index (χ2v) is 8.06. The van der Waals surface area contributed by atoms with Crippen molar-refractivity contribution in [2.24, 2.45) is 0 Å². The molecule has 3 aromatic rings. The lowest BCUT2D eigenvalue weighted by Crippen LogP contribution is -2.12. The number of hydrogen-bond acceptors (Lipinski definition) is 6. The predicted molar refractivity (Wildman–Crippen MR) is 96.7 cm³/mol. The molecule has 2 aromatic carbocycles. The third kappa shape index (κ3) is 3.97. The number of anilines is 1. The van der Waals surface area contributed by atoms with E-state index in [1.165, 1.54) is 12.1 Å². The van der Waals surface area contributed by atoms with Gasteiger partial charge in [-0.15, -0.1) is 5.10 Å². The molecule has 0 unspecified atom stereocenters. The number of rotatable bonds is 4. The zero-order chi connectivity index (χ0) is 18.9. The van der Waals surface area contributed by atoms with Crippen LogP contribution in [0.5, 0.6) is 0 Å². The number of nitrogens with one attached hydrogen (secondary N) is 1. The Morgan fingerprint density at radius 1 is 1.04 bits per heavy atom. The van der Waals surface area contributed by atoms with E-state index < -0.39 is 9.84 Å². The van der Waals surface area contributed by atoms with Crippen LogP contribution in [0.25, 0.3) is 11.5 Å². The lowest BCUT2D eigenvalue weighted by Gasteiger charge is -2.04. The normalized spacial score (nSPS) is 11.3. The molecular formula is C18H17N3O4S. The van der Waals surface area contributed by atoms with E-state index in [4.69, 9.17) is 4.42 Å². The molecule has 0 aliphatic rings. The minimum Gasteiger partial charge on any atom is -0.403 e. The van der Waals surface area contributed by atoms with Gasteiger partial charge in [0.05, 0.1) is 4.90 Å². The highest BCUT2D eigenvalue weighted by Gasteiger charge is 2.15. The molecule has 0 radical (unpaired) electrons. The third-order valence-electron chi connectivity index (χ3n) is 3.64. The molecule has 7 nitrogen and oxygen atoms in total. The standard InChI is InChI=1S/C18H17N3O4S/c1-11-7-12(2)9-14(8-11)16(22)19-18-21-20-17(25-18)13-5-4-6-15(10-13)26(3,23)24/h4-10H,1-3H3,(H,19,21,22). The summed E-state index contributed by atoms with van der Waals surface area (Å²) in [6.45, 7) is 3.81. The summed E-state index contributed by atoms with van der Waals surface area (Å²) in [7, 11) is -3.35. The van der Waals surface area contributed by atoms with Crippen molar-refractivity contribution in [2.75, 3.05) is 11.6 Å². The van der Waals surface area contributed by atoms with Crippen LogP contribution in [-0.2, 0) is 9.84 Å². The van der Waals surface area contributed by atoms with E-state index in [1.807, 2.05) is 19.9 Å². The van der Waals surface area contributed by atoms with Gasteiger partial charge in [0.2, 0.25) is 5.89 Å². The van der Waals surface area contributed by atoms with E-state index in [2.05, 4.69) is 15.5 Å². The molecule has 26 heavy (non-hydrogen) atoms. The highest BCUT2D eigenvalue weighted by molar-refractivity contribution is 7.90. The molecule has 1 amide bonds. The Kier molecular flexibility index (Phi) is 4.60. The third-order valence-corrected chi connectivity index (χ3v) is 4.75. The number of hydrogen-bond donors (Lipinski definition) is 1. The van der Waals surface area contributed by atoms with Crippen LogP contribution in [0, 0.1) is 13.8 Å². The van der Waals surface area contributed by atoms with Crippen molar-refractivity contribution in [3.63, 3.8) is 0 Å². The zero-order valence-corrected chi connectivity index (χ0v) is 15.3. The summed E-state index contributed by atoms with van der Waals surface area (Å²) in [5, 5.41) is 10.2. The van der Waals surface area contributed by atoms with Gasteiger partial charge in [-0.05, 0) is 44.2 Å². The van der Waals surface area contributed by atoms with Crippen molar-refractivity contribution in [3.05, 3.63) is 59.2 Å². The van der Waals surface area contributed by atoms with Crippen LogP contribution >= 0.6 is 0 Å². The lowest BCUT2D eigenvalue weighted by molar-refractivity contribution is 0.102. The van der Waals surface area contributed by atoms with E-state index in [0.717, 1.165) is 17.4 Å². The van der Waals surface area contributed by atoms with Gasteiger partial charge in [0, 0.05) is 17.4 Å². The van der Waals surface area contributed by atoms with Crippen LogP contribution in [0.3, 0.4) is 0 Å². The second-order valence-electron chi connectivity index (χ2n) is 6.04. The Bertz CT molecular complexity index is 1070. The Balaban J connectivity index is 1.83. The number of carbonyl (C=O) groups is 1. The van der Waals surface area contributed by atoms with Crippen LogP contribution < -0.4 is 5.32 Å². The smallest absolute Gasteiger partial charge is 0.322 e. The molecule has 0 spiro atoms. The number of nitrogens with zero attached hydrogens (tertiary/aromatic N) is 2. The van der Waals surface area contributed by atoms with Crippen LogP contribution in [0.4, 0.5) is 6.01 Å². The summed E-state index contributed by atoms with van der Waals surface area (Å²) in [4.78, 5) is 12.5. The van der Waals surface area contributed by atoms with Crippen molar-refractivity contribution in [1.82, 2.24) is 10.2 Å². The van der Waals surface area contributed by atoms with Crippen molar-refractivity contribution in [1.29, 1.82) is 0 Å². The monoisotopic (exact) mass is 371 g/mol. The van der Waals surface area contributed by atoms with Crippen molar-refractivity contribution in [3.8, 4) is 11.5 Å². The maximum atomic E-state index is 12.3. The number of benzene rings is 2. The van der Waals surface area contributed by atoms with Gasteiger partial charge >= 0.3 is 6.01 Å². The van der Waals surface area contributed by atoms with E-state index in [0.29, 0.717) is 11.1 Å². The van der Waals surface area contributed by atoms with E-state index in [1.54, 1.807) is 24.3 Å². The average Bonchev–Trinajstić information content (AvgIpc) is 3.02. The van der Waals surface area contributed by atoms with Crippen LogP contribution in [0.1, 0.15) is 21.5 Å². The summed E-state index contributed by atoms with van der Waals surface area (Å²) in [6, 6.07) is 11.6. The van der Waals surface area contributed by atoms with Crippen LogP contribution in [0.2, 0.25) is 0 Å². The first kappa shape index (κ1) is 17.8. The Morgan fingerprint density at radius 3 is 2.38 bits per heavy atom. The van der Waals surface area contributed by atoms with Crippen molar-refractivity contribution in [2.45, 2.75) is 18.7 Å². The maximum Gasteiger partial charge on any atom is 0.322 e. The molecule has 0 fully saturated rings. The number of sulfone groups is 1. The van der Waals surface area contributed by atoms with E-state index >= 15 is 0 Å². The van der Waals surface area contributed by atoms with Crippen LogP contribution in [-0.4, -0.2) is 30.8 Å².